The predicted molar refractivity (Wildman–Crippen MR) is 142 cm³/mol. The van der Waals surface area contributed by atoms with Gasteiger partial charge in [0.05, 0.1) is 17.4 Å². The number of likely N-dealkylation sites (N-methyl/N-ethyl adjacent to an activating group) is 1. The minimum Gasteiger partial charge on any atom is -0.396 e. The molecule has 3 aliphatic heterocycles. The summed E-state index contributed by atoms with van der Waals surface area (Å²) in [5.74, 6) is -2.13. The summed E-state index contributed by atoms with van der Waals surface area (Å²) < 4.78 is 6.69. The topological polar surface area (TPSA) is 90.4 Å². The number of rotatable bonds is 10. The lowest BCUT2D eigenvalue weighted by Crippen LogP contribution is -2.56. The fraction of sp³-hybridized carbons (Fsp3) is 0.552. The summed E-state index contributed by atoms with van der Waals surface area (Å²) in [5.41, 5.74) is 0.766. The predicted octanol–water partition coefficient (Wildman–Crippen LogP) is 2.61. The van der Waals surface area contributed by atoms with Crippen molar-refractivity contribution in [3.05, 3.63) is 54.6 Å². The van der Waals surface area contributed by atoms with Crippen molar-refractivity contribution in [1.82, 2.24) is 9.80 Å². The Morgan fingerprint density at radius 3 is 2.54 bits per heavy atom. The third-order valence-electron chi connectivity index (χ3n) is 8.35. The number of hydrogen-bond donors (Lipinski definition) is 1. The minimum atomic E-state index is -1.11. The van der Waals surface area contributed by atoms with E-state index in [9.17, 15) is 19.5 Å². The molecular weight excluding hydrogens is 470 g/mol. The van der Waals surface area contributed by atoms with Crippen LogP contribution in [0.1, 0.15) is 37.3 Å². The molecule has 2 unspecified atom stereocenters. The Morgan fingerprint density at radius 2 is 1.89 bits per heavy atom. The smallest absolute Gasteiger partial charge is 0.253 e. The van der Waals surface area contributed by atoms with Crippen molar-refractivity contribution in [2.75, 3.05) is 38.2 Å². The Labute approximate surface area is 219 Å². The van der Waals surface area contributed by atoms with Crippen molar-refractivity contribution >= 4 is 23.4 Å². The van der Waals surface area contributed by atoms with E-state index in [0.29, 0.717) is 25.8 Å². The first-order chi connectivity index (χ1) is 17.6. The number of carbonyl (C=O) groups excluding carboxylic acids is 3. The van der Waals surface area contributed by atoms with Gasteiger partial charge in [0.25, 0.3) is 5.91 Å². The summed E-state index contributed by atoms with van der Waals surface area (Å²) in [6, 6.07) is 5.03. The number of benzene rings is 1. The lowest BCUT2D eigenvalue weighted by Gasteiger charge is -2.37. The molecule has 8 heteroatoms. The third-order valence-corrected chi connectivity index (χ3v) is 8.35. The van der Waals surface area contributed by atoms with E-state index in [0.717, 1.165) is 16.8 Å². The first-order valence-electron chi connectivity index (χ1n) is 13.0. The second-order valence-corrected chi connectivity index (χ2v) is 10.9. The summed E-state index contributed by atoms with van der Waals surface area (Å²) >= 11 is 0. The van der Waals surface area contributed by atoms with Gasteiger partial charge in [-0.1, -0.05) is 24.3 Å². The number of carbonyl (C=O) groups is 3. The third kappa shape index (κ3) is 4.20. The second kappa shape index (κ2) is 10.1. The molecule has 3 amide bonds. The lowest BCUT2D eigenvalue weighted by atomic mass is 9.66. The molecular formula is C29H39N3O5. The molecule has 1 spiro atoms. The van der Waals surface area contributed by atoms with Gasteiger partial charge >= 0.3 is 0 Å². The summed E-state index contributed by atoms with van der Waals surface area (Å²) in [5, 5.41) is 9.57. The molecule has 37 heavy (non-hydrogen) atoms. The highest BCUT2D eigenvalue weighted by molar-refractivity contribution is 6.05. The molecule has 2 bridgehead atoms. The van der Waals surface area contributed by atoms with E-state index in [2.05, 4.69) is 13.2 Å². The van der Waals surface area contributed by atoms with Gasteiger partial charge in [0.15, 0.2) is 0 Å². The molecule has 0 saturated carbocycles. The Balaban J connectivity index is 1.82. The first-order valence-corrected chi connectivity index (χ1v) is 13.0. The van der Waals surface area contributed by atoms with Gasteiger partial charge in [-0.25, -0.2) is 0 Å². The number of aliphatic hydroxyl groups is 1. The van der Waals surface area contributed by atoms with E-state index in [1.807, 2.05) is 39.0 Å². The van der Waals surface area contributed by atoms with Crippen LogP contribution in [0.2, 0.25) is 0 Å². The Bertz CT molecular complexity index is 1120. The molecule has 4 rings (SSSR count). The average molecular weight is 510 g/mol. The molecule has 3 heterocycles. The molecule has 8 nitrogen and oxygen atoms in total. The first kappa shape index (κ1) is 27.1. The molecule has 0 radical (unpaired) electrons. The molecule has 0 aromatic heterocycles. The van der Waals surface area contributed by atoms with Crippen LogP contribution in [0.25, 0.3) is 0 Å². The van der Waals surface area contributed by atoms with E-state index in [1.54, 1.807) is 33.9 Å². The standard InChI is InChI=1S/C29H39N3O5/c1-7-14-30(6)25(34)22-23-26(35)32(16-9-17-33)24(29(23)13-12-28(22,5)37-29)27(36)31(15-8-2)21-18-19(3)10-11-20(21)4/h7-8,10-11,18,22-24,33H,1-2,9,12-17H2,3-6H3/t22-,23-,24?,28+,29?/m0/s1. The van der Waals surface area contributed by atoms with Crippen LogP contribution in [0, 0.1) is 25.7 Å². The monoisotopic (exact) mass is 509 g/mol. The second-order valence-electron chi connectivity index (χ2n) is 10.9. The quantitative estimate of drug-likeness (QED) is 0.490. The number of aryl methyl sites for hydroxylation is 2. The van der Waals surface area contributed by atoms with E-state index < -0.39 is 29.1 Å². The van der Waals surface area contributed by atoms with Crippen molar-refractivity contribution in [3.63, 3.8) is 0 Å². The van der Waals surface area contributed by atoms with Crippen LogP contribution in [-0.4, -0.2) is 83.2 Å². The van der Waals surface area contributed by atoms with E-state index in [-0.39, 0.29) is 37.4 Å². The molecule has 1 aromatic rings. The molecule has 3 saturated heterocycles. The van der Waals surface area contributed by atoms with E-state index in [1.165, 1.54) is 0 Å². The number of fused-ring (bicyclic) bond motifs is 1. The van der Waals surface area contributed by atoms with Crippen LogP contribution in [0.5, 0.6) is 0 Å². The van der Waals surface area contributed by atoms with Crippen molar-refractivity contribution in [2.45, 2.75) is 57.3 Å². The summed E-state index contributed by atoms with van der Waals surface area (Å²) in [6.07, 6.45) is 4.75. The largest absolute Gasteiger partial charge is 0.396 e. The van der Waals surface area contributed by atoms with Crippen LogP contribution < -0.4 is 4.90 Å². The number of amides is 3. The van der Waals surface area contributed by atoms with Crippen molar-refractivity contribution < 1.29 is 24.2 Å². The van der Waals surface area contributed by atoms with Crippen LogP contribution in [0.3, 0.4) is 0 Å². The highest BCUT2D eigenvalue weighted by atomic mass is 16.5. The average Bonchev–Trinajstić information content (AvgIpc) is 3.42. The molecule has 1 N–H and O–H groups in total. The molecule has 0 aliphatic carbocycles. The number of likely N-dealkylation sites (tertiary alicyclic amines) is 1. The van der Waals surface area contributed by atoms with Gasteiger partial charge in [0.1, 0.15) is 11.6 Å². The molecule has 3 fully saturated rings. The van der Waals surface area contributed by atoms with Crippen molar-refractivity contribution in [1.29, 1.82) is 0 Å². The molecule has 5 atom stereocenters. The maximum atomic E-state index is 14.5. The Kier molecular flexibility index (Phi) is 7.36. The number of hydrogen-bond acceptors (Lipinski definition) is 5. The highest BCUT2D eigenvalue weighted by Gasteiger charge is 2.78. The van der Waals surface area contributed by atoms with Gasteiger partial charge < -0.3 is 24.5 Å². The number of ether oxygens (including phenoxy) is 1. The fourth-order valence-electron chi connectivity index (χ4n) is 6.68. The zero-order chi connectivity index (χ0) is 27.1. The summed E-state index contributed by atoms with van der Waals surface area (Å²) in [6.45, 7) is 14.1. The van der Waals surface area contributed by atoms with E-state index >= 15 is 0 Å². The van der Waals surface area contributed by atoms with Crippen LogP contribution in [0.15, 0.2) is 43.5 Å². The minimum absolute atomic E-state index is 0.112. The van der Waals surface area contributed by atoms with Crippen LogP contribution in [-0.2, 0) is 19.1 Å². The van der Waals surface area contributed by atoms with E-state index in [4.69, 9.17) is 4.74 Å². The molecule has 3 aliphatic rings. The van der Waals surface area contributed by atoms with Crippen LogP contribution in [0.4, 0.5) is 5.69 Å². The molecule has 1 aromatic carbocycles. The lowest BCUT2D eigenvalue weighted by molar-refractivity contribution is -0.149. The zero-order valence-electron chi connectivity index (χ0n) is 22.4. The SMILES string of the molecule is C=CCN(C)C(=O)[C@@H]1[C@H]2C(=O)N(CCCO)C(C(=O)N(CC=C)c3cc(C)ccc3C)C23CC[C@@]1(C)O3. The van der Waals surface area contributed by atoms with Gasteiger partial charge in [-0.2, -0.15) is 0 Å². The highest BCUT2D eigenvalue weighted by Crippen LogP contribution is 2.63. The summed E-state index contributed by atoms with van der Waals surface area (Å²) in [4.78, 5) is 47.0. The number of nitrogens with zero attached hydrogens (tertiary/aromatic N) is 3. The van der Waals surface area contributed by atoms with Gasteiger partial charge in [0.2, 0.25) is 11.8 Å². The van der Waals surface area contributed by atoms with Crippen LogP contribution >= 0.6 is 0 Å². The van der Waals surface area contributed by atoms with Gasteiger partial charge in [-0.05, 0) is 57.2 Å². The maximum absolute atomic E-state index is 14.5. The summed E-state index contributed by atoms with van der Waals surface area (Å²) in [7, 11) is 1.70. The van der Waals surface area contributed by atoms with Crippen molar-refractivity contribution in [3.8, 4) is 0 Å². The Hall–Kier alpha value is -2.97. The zero-order valence-corrected chi connectivity index (χ0v) is 22.4. The maximum Gasteiger partial charge on any atom is 0.253 e. The fourth-order valence-corrected chi connectivity index (χ4v) is 6.68. The molecule has 200 valence electrons. The number of aliphatic hydroxyl groups excluding tert-OH is 1. The Morgan fingerprint density at radius 1 is 1.19 bits per heavy atom. The van der Waals surface area contributed by atoms with Crippen molar-refractivity contribution in [2.24, 2.45) is 11.8 Å². The van der Waals surface area contributed by atoms with Gasteiger partial charge in [0, 0.05) is 39.0 Å². The number of anilines is 1. The van der Waals surface area contributed by atoms with Gasteiger partial charge in [-0.3, -0.25) is 14.4 Å². The van der Waals surface area contributed by atoms with Gasteiger partial charge in [-0.15, -0.1) is 13.2 Å². The normalized spacial score (nSPS) is 29.8.